The molecule has 22 heavy (non-hydrogen) atoms. The van der Waals surface area contributed by atoms with Gasteiger partial charge in [-0.15, -0.1) is 11.3 Å². The highest BCUT2D eigenvalue weighted by atomic mass is 32.1. The molecule has 1 aliphatic rings. The fraction of sp³-hybridized carbons (Fsp3) is 0.375. The smallest absolute Gasteiger partial charge is 0.339 e. The highest BCUT2D eigenvalue weighted by Gasteiger charge is 2.21. The third-order valence-corrected chi connectivity index (χ3v) is 4.68. The van der Waals surface area contributed by atoms with Crippen LogP contribution in [0.2, 0.25) is 0 Å². The molecule has 0 amide bonds. The van der Waals surface area contributed by atoms with E-state index >= 15 is 0 Å². The van der Waals surface area contributed by atoms with E-state index in [-0.39, 0.29) is 5.56 Å². The van der Waals surface area contributed by atoms with Crippen LogP contribution in [0, 0.1) is 13.8 Å². The Bertz CT molecular complexity index is 711. The molecule has 0 unspecified atom stereocenters. The Labute approximate surface area is 133 Å². The molecule has 0 radical (unpaired) electrons. The molecule has 6 heteroatoms. The number of fused-ring (bicyclic) bond motifs is 1. The van der Waals surface area contributed by atoms with E-state index in [9.17, 15) is 9.90 Å². The van der Waals surface area contributed by atoms with Crippen molar-refractivity contribution < 1.29 is 14.6 Å². The number of thiazole rings is 1. The molecule has 0 saturated carbocycles. The van der Waals surface area contributed by atoms with E-state index in [0.29, 0.717) is 18.9 Å². The van der Waals surface area contributed by atoms with E-state index in [1.54, 1.807) is 23.5 Å². The average molecular weight is 318 g/mol. The van der Waals surface area contributed by atoms with Gasteiger partial charge in [-0.05, 0) is 19.9 Å². The van der Waals surface area contributed by atoms with Crippen LogP contribution in [0.25, 0.3) is 0 Å². The average Bonchev–Trinajstić information content (AvgIpc) is 2.67. The number of carbonyl (C=O) groups is 1. The van der Waals surface area contributed by atoms with Crippen molar-refractivity contribution >= 4 is 17.3 Å². The lowest BCUT2D eigenvalue weighted by molar-refractivity contribution is 0.0692. The summed E-state index contributed by atoms with van der Waals surface area (Å²) in [5, 5.41) is 10.3. The van der Waals surface area contributed by atoms with E-state index in [2.05, 4.69) is 16.8 Å². The van der Waals surface area contributed by atoms with Gasteiger partial charge in [-0.2, -0.15) is 0 Å². The lowest BCUT2D eigenvalue weighted by Crippen LogP contribution is -2.25. The third kappa shape index (κ3) is 2.98. The number of para-hydroxylation sites is 1. The second kappa shape index (κ2) is 6.06. The second-order valence-electron chi connectivity index (χ2n) is 5.39. The Morgan fingerprint density at radius 1 is 1.45 bits per heavy atom. The summed E-state index contributed by atoms with van der Waals surface area (Å²) in [4.78, 5) is 19.4. The lowest BCUT2D eigenvalue weighted by atomic mass is 10.1. The highest BCUT2D eigenvalue weighted by molar-refractivity contribution is 7.11. The first-order chi connectivity index (χ1) is 10.5. The molecule has 0 spiro atoms. The summed E-state index contributed by atoms with van der Waals surface area (Å²) in [5.74, 6) is -0.444. The van der Waals surface area contributed by atoms with E-state index in [0.717, 1.165) is 29.4 Å². The summed E-state index contributed by atoms with van der Waals surface area (Å²) < 4.78 is 5.70. The predicted molar refractivity (Wildman–Crippen MR) is 84.6 cm³/mol. The van der Waals surface area contributed by atoms with Gasteiger partial charge in [0.15, 0.2) is 0 Å². The summed E-state index contributed by atoms with van der Waals surface area (Å²) >= 11 is 1.71. The van der Waals surface area contributed by atoms with Crippen LogP contribution < -0.4 is 4.74 Å². The number of hydrogen-bond acceptors (Lipinski definition) is 5. The molecule has 0 atom stereocenters. The summed E-state index contributed by atoms with van der Waals surface area (Å²) in [5.41, 5.74) is 2.25. The van der Waals surface area contributed by atoms with E-state index < -0.39 is 5.97 Å². The van der Waals surface area contributed by atoms with Crippen LogP contribution in [-0.4, -0.2) is 34.1 Å². The summed E-state index contributed by atoms with van der Waals surface area (Å²) in [7, 11) is 0. The van der Waals surface area contributed by atoms with Crippen LogP contribution in [0.1, 0.15) is 31.5 Å². The van der Waals surface area contributed by atoms with Gasteiger partial charge in [-0.1, -0.05) is 12.1 Å². The molecule has 116 valence electrons. The van der Waals surface area contributed by atoms with Crippen LogP contribution in [0.5, 0.6) is 5.75 Å². The zero-order valence-corrected chi connectivity index (χ0v) is 13.4. The molecule has 1 aromatic carbocycles. The number of aryl methyl sites for hydroxylation is 2. The van der Waals surface area contributed by atoms with Gasteiger partial charge >= 0.3 is 5.97 Å². The van der Waals surface area contributed by atoms with Crippen molar-refractivity contribution in [3.8, 4) is 5.75 Å². The molecule has 2 heterocycles. The highest BCUT2D eigenvalue weighted by Crippen LogP contribution is 2.28. The molecule has 0 saturated heterocycles. The molecule has 5 nitrogen and oxygen atoms in total. The molecular formula is C16H18N2O3S. The normalized spacial score (nSPS) is 15.0. The van der Waals surface area contributed by atoms with Crippen molar-refractivity contribution in [2.24, 2.45) is 0 Å². The van der Waals surface area contributed by atoms with Crippen molar-refractivity contribution in [2.45, 2.75) is 26.9 Å². The number of hydrogen-bond donors (Lipinski definition) is 1. The van der Waals surface area contributed by atoms with E-state index in [4.69, 9.17) is 4.74 Å². The molecular weight excluding hydrogens is 300 g/mol. The minimum atomic E-state index is -0.948. The monoisotopic (exact) mass is 318 g/mol. The van der Waals surface area contributed by atoms with Crippen LogP contribution >= 0.6 is 11.3 Å². The standard InChI is InChI=1S/C16H18N2O3S/c1-10-14(17-11(2)22-10)9-18-6-7-21-15-12(8-18)4-3-5-13(15)16(19)20/h3-5H,6-9H2,1-2H3,(H,19,20). The first-order valence-electron chi connectivity index (χ1n) is 7.18. The van der Waals surface area contributed by atoms with Gasteiger partial charge < -0.3 is 9.84 Å². The first-order valence-corrected chi connectivity index (χ1v) is 7.99. The first kappa shape index (κ1) is 15.0. The third-order valence-electron chi connectivity index (χ3n) is 3.75. The largest absolute Gasteiger partial charge is 0.491 e. The van der Waals surface area contributed by atoms with Crippen LogP contribution in [-0.2, 0) is 13.1 Å². The SMILES string of the molecule is Cc1nc(CN2CCOc3c(cccc3C(=O)O)C2)c(C)s1. The number of nitrogens with zero attached hydrogens (tertiary/aromatic N) is 2. The topological polar surface area (TPSA) is 62.7 Å². The lowest BCUT2D eigenvalue weighted by Gasteiger charge is -2.18. The number of aromatic carboxylic acids is 1. The van der Waals surface area contributed by atoms with Gasteiger partial charge in [0.25, 0.3) is 0 Å². The molecule has 3 rings (SSSR count). The Kier molecular flexibility index (Phi) is 4.13. The number of benzene rings is 1. The van der Waals surface area contributed by atoms with Gasteiger partial charge in [-0.3, -0.25) is 4.90 Å². The second-order valence-corrected chi connectivity index (χ2v) is 6.80. The molecule has 1 aliphatic heterocycles. The zero-order valence-electron chi connectivity index (χ0n) is 12.6. The number of carboxylic acid groups (broad SMARTS) is 1. The van der Waals surface area contributed by atoms with E-state index in [1.165, 1.54) is 4.88 Å². The quantitative estimate of drug-likeness (QED) is 0.943. The summed E-state index contributed by atoms with van der Waals surface area (Å²) in [6.45, 7) is 6.78. The molecule has 0 aliphatic carbocycles. The fourth-order valence-corrected chi connectivity index (χ4v) is 3.54. The Morgan fingerprint density at radius 3 is 2.95 bits per heavy atom. The Morgan fingerprint density at radius 2 is 2.27 bits per heavy atom. The Balaban J connectivity index is 1.84. The van der Waals surface area contributed by atoms with Gasteiger partial charge in [0.1, 0.15) is 17.9 Å². The summed E-state index contributed by atoms with van der Waals surface area (Å²) in [6, 6.07) is 5.29. The molecule has 0 fully saturated rings. The summed E-state index contributed by atoms with van der Waals surface area (Å²) in [6.07, 6.45) is 0. The van der Waals surface area contributed by atoms with Crippen LogP contribution in [0.4, 0.5) is 0 Å². The maximum atomic E-state index is 11.3. The maximum absolute atomic E-state index is 11.3. The predicted octanol–water partition coefficient (Wildman–Crippen LogP) is 2.85. The van der Waals surface area contributed by atoms with Crippen molar-refractivity contribution in [3.05, 3.63) is 44.9 Å². The molecule has 0 bridgehead atoms. The van der Waals surface area contributed by atoms with Gasteiger partial charge in [0.05, 0.1) is 10.7 Å². The number of ether oxygens (including phenoxy) is 1. The van der Waals surface area contributed by atoms with Crippen molar-refractivity contribution in [1.82, 2.24) is 9.88 Å². The van der Waals surface area contributed by atoms with Gasteiger partial charge in [0.2, 0.25) is 0 Å². The van der Waals surface area contributed by atoms with Gasteiger partial charge in [0, 0.05) is 30.1 Å². The Hall–Kier alpha value is -1.92. The molecule has 1 N–H and O–H groups in total. The van der Waals surface area contributed by atoms with Crippen LogP contribution in [0.15, 0.2) is 18.2 Å². The number of carboxylic acids is 1. The minimum absolute atomic E-state index is 0.236. The van der Waals surface area contributed by atoms with E-state index in [1.807, 2.05) is 13.0 Å². The minimum Gasteiger partial charge on any atom is -0.491 e. The van der Waals surface area contributed by atoms with Crippen molar-refractivity contribution in [3.63, 3.8) is 0 Å². The zero-order chi connectivity index (χ0) is 15.7. The number of rotatable bonds is 3. The maximum Gasteiger partial charge on any atom is 0.339 e. The molecule has 1 aromatic heterocycles. The van der Waals surface area contributed by atoms with Crippen LogP contribution in [0.3, 0.4) is 0 Å². The van der Waals surface area contributed by atoms with Crippen molar-refractivity contribution in [2.75, 3.05) is 13.2 Å². The van der Waals surface area contributed by atoms with Gasteiger partial charge in [-0.25, -0.2) is 9.78 Å². The fourth-order valence-electron chi connectivity index (χ4n) is 2.71. The van der Waals surface area contributed by atoms with Crippen molar-refractivity contribution in [1.29, 1.82) is 0 Å². The number of aromatic nitrogens is 1. The molecule has 2 aromatic rings.